The molecular weight excluding hydrogens is 513 g/mol. The van der Waals surface area contributed by atoms with Gasteiger partial charge in [0, 0.05) is 24.6 Å². The zero-order valence-corrected chi connectivity index (χ0v) is 21.6. The van der Waals surface area contributed by atoms with E-state index in [0.29, 0.717) is 24.3 Å². The van der Waals surface area contributed by atoms with E-state index in [-0.39, 0.29) is 42.0 Å². The van der Waals surface area contributed by atoms with Crippen LogP contribution in [0.3, 0.4) is 0 Å². The first-order valence-electron chi connectivity index (χ1n) is 11.5. The van der Waals surface area contributed by atoms with Crippen molar-refractivity contribution in [2.75, 3.05) is 5.75 Å². The summed E-state index contributed by atoms with van der Waals surface area (Å²) in [5, 5.41) is 4.10. The molecule has 0 saturated heterocycles. The molecule has 0 radical (unpaired) electrons. The predicted octanol–water partition coefficient (Wildman–Crippen LogP) is 2.74. The Kier molecular flexibility index (Phi) is 8.94. The SMILES string of the molecule is CCSc1nc(=O)n(Cc2ncnn2CCCC(=O)OC(C)(C)C)c(=O)n1Cc1cc(F)c(F)cc1F. The van der Waals surface area contributed by atoms with E-state index in [1.807, 2.05) is 0 Å². The maximum Gasteiger partial charge on any atom is 0.354 e. The van der Waals surface area contributed by atoms with Crippen LogP contribution in [0.5, 0.6) is 0 Å². The first-order chi connectivity index (χ1) is 17.4. The molecule has 0 amide bonds. The Labute approximate surface area is 214 Å². The molecule has 0 N–H and O–H groups in total. The summed E-state index contributed by atoms with van der Waals surface area (Å²) >= 11 is 1.07. The van der Waals surface area contributed by atoms with Gasteiger partial charge < -0.3 is 4.74 Å². The molecule has 0 aliphatic heterocycles. The van der Waals surface area contributed by atoms with Crippen LogP contribution >= 0.6 is 11.8 Å². The average Bonchev–Trinajstić information content (AvgIpc) is 3.23. The Morgan fingerprint density at radius 2 is 1.76 bits per heavy atom. The number of aromatic nitrogens is 6. The van der Waals surface area contributed by atoms with E-state index < -0.39 is 41.0 Å². The molecule has 37 heavy (non-hydrogen) atoms. The van der Waals surface area contributed by atoms with Gasteiger partial charge in [0.25, 0.3) is 0 Å². The molecule has 0 aliphatic rings. The van der Waals surface area contributed by atoms with Crippen molar-refractivity contribution in [2.45, 2.75) is 70.9 Å². The van der Waals surface area contributed by atoms with Crippen LogP contribution in [-0.2, 0) is 29.2 Å². The van der Waals surface area contributed by atoms with Gasteiger partial charge in [-0.05, 0) is 39.0 Å². The van der Waals surface area contributed by atoms with E-state index in [1.54, 1.807) is 27.7 Å². The maximum absolute atomic E-state index is 14.3. The highest BCUT2D eigenvalue weighted by Crippen LogP contribution is 2.18. The molecule has 10 nitrogen and oxygen atoms in total. The van der Waals surface area contributed by atoms with Crippen LogP contribution in [0.2, 0.25) is 0 Å². The second-order valence-corrected chi connectivity index (χ2v) is 10.2. The molecule has 2 heterocycles. The Bertz CT molecular complexity index is 1400. The van der Waals surface area contributed by atoms with Gasteiger partial charge in [-0.1, -0.05) is 18.7 Å². The van der Waals surface area contributed by atoms with Crippen molar-refractivity contribution in [1.29, 1.82) is 0 Å². The van der Waals surface area contributed by atoms with E-state index in [9.17, 15) is 27.6 Å². The number of carbonyl (C=O) groups excluding carboxylic acids is 1. The third-order valence-electron chi connectivity index (χ3n) is 4.97. The van der Waals surface area contributed by atoms with E-state index in [4.69, 9.17) is 4.74 Å². The molecule has 3 aromatic rings. The summed E-state index contributed by atoms with van der Waals surface area (Å²) in [5.74, 6) is -3.33. The van der Waals surface area contributed by atoms with Gasteiger partial charge in [0.1, 0.15) is 23.6 Å². The summed E-state index contributed by atoms with van der Waals surface area (Å²) in [7, 11) is 0. The Balaban J connectivity index is 1.87. The maximum atomic E-state index is 14.3. The number of carbonyl (C=O) groups is 1. The van der Waals surface area contributed by atoms with Gasteiger partial charge in [0.15, 0.2) is 16.8 Å². The number of hydrogen-bond acceptors (Lipinski definition) is 8. The molecule has 3 rings (SSSR count). The minimum absolute atomic E-state index is 0.0108. The standard InChI is InChI=1S/C23H27F3N6O4S/c1-5-37-21-29-20(34)30(22(35)31(21)11-14-9-16(25)17(26)10-15(14)24)12-18-27-13-28-32(18)8-6-7-19(33)36-23(2,3)4/h9-10,13H,5-8,11-12H2,1-4H3. The van der Waals surface area contributed by atoms with Crippen molar-refractivity contribution >= 4 is 17.7 Å². The van der Waals surface area contributed by atoms with Crippen LogP contribution in [0.15, 0.2) is 33.2 Å². The van der Waals surface area contributed by atoms with Crippen LogP contribution in [0, 0.1) is 17.5 Å². The lowest BCUT2D eigenvalue weighted by Gasteiger charge is -2.19. The molecule has 0 aliphatic carbocycles. The van der Waals surface area contributed by atoms with Crippen molar-refractivity contribution in [2.24, 2.45) is 0 Å². The number of esters is 1. The zero-order valence-electron chi connectivity index (χ0n) is 20.8. The number of halogens is 3. The Morgan fingerprint density at radius 3 is 2.43 bits per heavy atom. The second-order valence-electron chi connectivity index (χ2n) is 9.01. The first kappa shape index (κ1) is 28.2. The fraction of sp³-hybridized carbons (Fsp3) is 0.478. The van der Waals surface area contributed by atoms with Gasteiger partial charge in [-0.25, -0.2) is 37.0 Å². The molecule has 0 unspecified atom stereocenters. The van der Waals surface area contributed by atoms with E-state index in [2.05, 4.69) is 15.1 Å². The molecule has 0 spiro atoms. The molecule has 0 fully saturated rings. The van der Waals surface area contributed by atoms with Crippen molar-refractivity contribution in [3.8, 4) is 0 Å². The first-order valence-corrected chi connectivity index (χ1v) is 12.4. The van der Waals surface area contributed by atoms with Crippen molar-refractivity contribution in [3.63, 3.8) is 0 Å². The zero-order chi connectivity index (χ0) is 27.3. The molecule has 1 aromatic carbocycles. The molecule has 0 saturated carbocycles. The van der Waals surface area contributed by atoms with Gasteiger partial charge >= 0.3 is 17.3 Å². The minimum atomic E-state index is -1.36. The highest BCUT2D eigenvalue weighted by atomic mass is 32.2. The third kappa shape index (κ3) is 7.31. The van der Waals surface area contributed by atoms with Crippen LogP contribution in [0.1, 0.15) is 51.9 Å². The van der Waals surface area contributed by atoms with Crippen LogP contribution in [0.4, 0.5) is 13.2 Å². The summed E-state index contributed by atoms with van der Waals surface area (Å²) in [6, 6.07) is 1.06. The molecular formula is C23H27F3N6O4S. The number of nitrogens with zero attached hydrogens (tertiary/aromatic N) is 6. The monoisotopic (exact) mass is 540 g/mol. The van der Waals surface area contributed by atoms with Crippen LogP contribution < -0.4 is 11.4 Å². The van der Waals surface area contributed by atoms with Crippen LogP contribution in [-0.4, -0.2) is 46.2 Å². The van der Waals surface area contributed by atoms with E-state index in [0.717, 1.165) is 20.9 Å². The fourth-order valence-corrected chi connectivity index (χ4v) is 4.08. The number of hydrogen-bond donors (Lipinski definition) is 0. The summed E-state index contributed by atoms with van der Waals surface area (Å²) in [6.07, 6.45) is 1.76. The van der Waals surface area contributed by atoms with Gasteiger partial charge in [0.05, 0.1) is 13.1 Å². The lowest BCUT2D eigenvalue weighted by atomic mass is 10.2. The van der Waals surface area contributed by atoms with Gasteiger partial charge in [0.2, 0.25) is 0 Å². The van der Waals surface area contributed by atoms with Gasteiger partial charge in [-0.2, -0.15) is 10.1 Å². The summed E-state index contributed by atoms with van der Waals surface area (Å²) in [4.78, 5) is 46.0. The van der Waals surface area contributed by atoms with E-state index >= 15 is 0 Å². The largest absolute Gasteiger partial charge is 0.460 e. The summed E-state index contributed by atoms with van der Waals surface area (Å²) in [6.45, 7) is 6.58. The number of ether oxygens (including phenoxy) is 1. The smallest absolute Gasteiger partial charge is 0.354 e. The van der Waals surface area contributed by atoms with E-state index in [1.165, 1.54) is 11.0 Å². The highest BCUT2D eigenvalue weighted by Gasteiger charge is 2.19. The Morgan fingerprint density at radius 1 is 1.05 bits per heavy atom. The fourth-order valence-electron chi connectivity index (χ4n) is 3.38. The topological polar surface area (TPSA) is 114 Å². The van der Waals surface area contributed by atoms with Gasteiger partial charge in [-0.15, -0.1) is 0 Å². The summed E-state index contributed by atoms with van der Waals surface area (Å²) in [5.41, 5.74) is -2.57. The molecule has 200 valence electrons. The minimum Gasteiger partial charge on any atom is -0.460 e. The Hall–Kier alpha value is -3.42. The molecule has 0 bridgehead atoms. The van der Waals surface area contributed by atoms with Crippen LogP contribution in [0.25, 0.3) is 0 Å². The molecule has 0 atom stereocenters. The quantitative estimate of drug-likeness (QED) is 0.219. The molecule has 2 aromatic heterocycles. The predicted molar refractivity (Wildman–Crippen MR) is 129 cm³/mol. The highest BCUT2D eigenvalue weighted by molar-refractivity contribution is 7.99. The number of benzene rings is 1. The number of thioether (sulfide) groups is 1. The number of aryl methyl sites for hydroxylation is 1. The molecule has 14 heteroatoms. The van der Waals surface area contributed by atoms with Crippen molar-refractivity contribution in [3.05, 3.63) is 68.3 Å². The van der Waals surface area contributed by atoms with Crippen molar-refractivity contribution in [1.82, 2.24) is 28.9 Å². The summed E-state index contributed by atoms with van der Waals surface area (Å²) < 4.78 is 49.9. The lowest BCUT2D eigenvalue weighted by molar-refractivity contribution is -0.154. The normalized spacial score (nSPS) is 11.6. The number of rotatable bonds is 10. The second kappa shape index (κ2) is 11.8. The third-order valence-corrected chi connectivity index (χ3v) is 5.83. The lowest BCUT2D eigenvalue weighted by Crippen LogP contribution is -2.43. The van der Waals surface area contributed by atoms with Crippen molar-refractivity contribution < 1.29 is 22.7 Å². The van der Waals surface area contributed by atoms with Gasteiger partial charge in [-0.3, -0.25) is 9.36 Å². The average molecular weight is 541 g/mol.